The number of amides is 2. The highest BCUT2D eigenvalue weighted by Crippen LogP contribution is 2.11. The summed E-state index contributed by atoms with van der Waals surface area (Å²) in [7, 11) is 0. The van der Waals surface area contributed by atoms with Crippen molar-refractivity contribution in [1.82, 2.24) is 16.0 Å². The molecule has 0 saturated carbocycles. The van der Waals surface area contributed by atoms with E-state index in [1.54, 1.807) is 0 Å². The molecule has 10 heteroatoms. The fourth-order valence-electron chi connectivity index (χ4n) is 3.22. The van der Waals surface area contributed by atoms with Gasteiger partial charge in [-0.2, -0.15) is 24.4 Å². The molecule has 0 aromatic heterocycles. The van der Waals surface area contributed by atoms with Gasteiger partial charge in [-0.15, -0.1) is 0 Å². The monoisotopic (exact) mass is 498 g/mol. The van der Waals surface area contributed by atoms with Gasteiger partial charge >= 0.3 is 5.97 Å². The molecule has 0 saturated heterocycles. The van der Waals surface area contributed by atoms with E-state index in [1.807, 2.05) is 50.4 Å². The molecule has 0 spiro atoms. The molecule has 2 amide bonds. The molecule has 0 aliphatic rings. The number of nitrogens with two attached hydrogens (primary N) is 1. The summed E-state index contributed by atoms with van der Waals surface area (Å²) in [5.74, 6) is -0.849. The van der Waals surface area contributed by atoms with Gasteiger partial charge in [0.1, 0.15) is 12.1 Å². The van der Waals surface area contributed by atoms with Crippen LogP contribution >= 0.6 is 24.4 Å². The van der Waals surface area contributed by atoms with Gasteiger partial charge < -0.3 is 26.8 Å². The molecule has 1 aromatic carbocycles. The van der Waals surface area contributed by atoms with Crippen LogP contribution in [0.15, 0.2) is 30.3 Å². The summed E-state index contributed by atoms with van der Waals surface area (Å²) in [5, 5.41) is 18.2. The lowest BCUT2D eigenvalue weighted by Crippen LogP contribution is -2.58. The molecule has 0 bridgehead atoms. The Balaban J connectivity index is 3.04. The Hall–Kier alpha value is -1.75. The number of nitrogens with one attached hydrogen (secondary N) is 3. The minimum absolute atomic E-state index is 0.00546. The highest BCUT2D eigenvalue weighted by molar-refractivity contribution is 7.98. The molecule has 186 valence electrons. The molecule has 33 heavy (non-hydrogen) atoms. The smallest absolute Gasteiger partial charge is 0.326 e. The van der Waals surface area contributed by atoms with E-state index in [0.29, 0.717) is 24.5 Å². The zero-order valence-corrected chi connectivity index (χ0v) is 21.3. The van der Waals surface area contributed by atoms with Crippen molar-refractivity contribution < 1.29 is 19.5 Å². The Kier molecular flexibility index (Phi) is 14.2. The number of carbonyl (C=O) groups is 3. The van der Waals surface area contributed by atoms with Gasteiger partial charge in [-0.1, -0.05) is 50.6 Å². The molecule has 6 N–H and O–H groups in total. The summed E-state index contributed by atoms with van der Waals surface area (Å²) in [6, 6.07) is 6.63. The third-order valence-electron chi connectivity index (χ3n) is 5.47. The summed E-state index contributed by atoms with van der Waals surface area (Å²) in [4.78, 5) is 37.9. The molecule has 1 rings (SSSR count). The number of benzene rings is 1. The first-order valence-electron chi connectivity index (χ1n) is 11.2. The van der Waals surface area contributed by atoms with Crippen LogP contribution in [0.3, 0.4) is 0 Å². The molecular weight excluding hydrogens is 460 g/mol. The normalized spacial score (nSPS) is 15.7. The first-order valence-corrected chi connectivity index (χ1v) is 13.2. The van der Waals surface area contributed by atoms with Gasteiger partial charge in [-0.25, -0.2) is 4.79 Å². The summed E-state index contributed by atoms with van der Waals surface area (Å²) >= 11 is 5.69. The standard InChI is InChI=1S/C23H38N4O4S2/c1-4-15(2)20(25-13-17(24)14-32)22(29)27-19(12-16-8-6-5-7-9-16)21(28)26-18(23(30)31)10-11-33-3/h5-9,15,17-20,25,32H,4,10-14,24H2,1-3H3,(H,26,28)(H,27,29)(H,30,31)/t15-,17+,18-,19-,20-/m0/s1. The molecule has 0 aliphatic heterocycles. The SMILES string of the molecule is CC[C@H](C)[C@H](NC[C@@H](N)CS)C(=O)N[C@@H](Cc1ccccc1)C(=O)N[C@@H](CCSC)C(=O)O. The lowest BCUT2D eigenvalue weighted by molar-refractivity contribution is -0.142. The number of carbonyl (C=O) groups excluding carboxylic acids is 2. The van der Waals surface area contributed by atoms with E-state index in [1.165, 1.54) is 11.8 Å². The first kappa shape index (κ1) is 29.3. The molecule has 0 aliphatic carbocycles. The minimum atomic E-state index is -1.10. The minimum Gasteiger partial charge on any atom is -0.480 e. The number of carboxylic acid groups (broad SMARTS) is 1. The summed E-state index contributed by atoms with van der Waals surface area (Å²) in [6.07, 6.45) is 3.18. The maximum atomic E-state index is 13.2. The average Bonchev–Trinajstić information content (AvgIpc) is 2.81. The van der Waals surface area contributed by atoms with Crippen molar-refractivity contribution >= 4 is 42.2 Å². The zero-order chi connectivity index (χ0) is 24.8. The van der Waals surface area contributed by atoms with Crippen LogP contribution in [0.1, 0.15) is 32.3 Å². The van der Waals surface area contributed by atoms with Gasteiger partial charge in [0.25, 0.3) is 0 Å². The van der Waals surface area contributed by atoms with Crippen molar-refractivity contribution in [3.8, 4) is 0 Å². The number of rotatable bonds is 16. The fourth-order valence-corrected chi connectivity index (χ4v) is 3.82. The number of carboxylic acids is 1. The molecule has 0 fully saturated rings. The van der Waals surface area contributed by atoms with Crippen LogP contribution in [0.2, 0.25) is 0 Å². The highest BCUT2D eigenvalue weighted by Gasteiger charge is 2.30. The number of aliphatic carboxylic acids is 1. The van der Waals surface area contributed by atoms with E-state index in [4.69, 9.17) is 5.73 Å². The molecule has 0 radical (unpaired) electrons. The third-order valence-corrected chi connectivity index (χ3v) is 6.58. The Bertz CT molecular complexity index is 738. The summed E-state index contributed by atoms with van der Waals surface area (Å²) < 4.78 is 0. The van der Waals surface area contributed by atoms with Crippen molar-refractivity contribution in [2.45, 2.75) is 57.3 Å². The second-order valence-corrected chi connectivity index (χ2v) is 9.50. The van der Waals surface area contributed by atoms with Crippen LogP contribution in [-0.2, 0) is 20.8 Å². The van der Waals surface area contributed by atoms with E-state index < -0.39 is 30.0 Å². The largest absolute Gasteiger partial charge is 0.480 e. The van der Waals surface area contributed by atoms with Gasteiger partial charge in [0.15, 0.2) is 0 Å². The van der Waals surface area contributed by atoms with Crippen LogP contribution in [0.25, 0.3) is 0 Å². The zero-order valence-electron chi connectivity index (χ0n) is 19.6. The van der Waals surface area contributed by atoms with E-state index >= 15 is 0 Å². The summed E-state index contributed by atoms with van der Waals surface area (Å²) in [6.45, 7) is 4.36. The predicted molar refractivity (Wildman–Crippen MR) is 138 cm³/mol. The summed E-state index contributed by atoms with van der Waals surface area (Å²) in [5.41, 5.74) is 6.81. The number of thioether (sulfide) groups is 1. The number of thiol groups is 1. The maximum absolute atomic E-state index is 13.2. The van der Waals surface area contributed by atoms with Crippen molar-refractivity contribution in [3.63, 3.8) is 0 Å². The Morgan fingerprint density at radius 2 is 1.76 bits per heavy atom. The lowest BCUT2D eigenvalue weighted by atomic mass is 9.97. The van der Waals surface area contributed by atoms with Gasteiger partial charge in [-0.05, 0) is 29.9 Å². The van der Waals surface area contributed by atoms with Crippen LogP contribution in [-0.4, -0.2) is 71.4 Å². The fraction of sp³-hybridized carbons (Fsp3) is 0.609. The Labute approximate surface area is 206 Å². The molecule has 8 nitrogen and oxygen atoms in total. The van der Waals surface area contributed by atoms with Crippen molar-refractivity contribution in [3.05, 3.63) is 35.9 Å². The Morgan fingerprint density at radius 3 is 2.30 bits per heavy atom. The van der Waals surface area contributed by atoms with Crippen molar-refractivity contribution in [1.29, 1.82) is 0 Å². The van der Waals surface area contributed by atoms with Crippen molar-refractivity contribution in [2.75, 3.05) is 24.3 Å². The van der Waals surface area contributed by atoms with Gasteiger partial charge in [0, 0.05) is 24.8 Å². The third kappa shape index (κ3) is 10.8. The van der Waals surface area contributed by atoms with Gasteiger partial charge in [-0.3, -0.25) is 9.59 Å². The quantitative estimate of drug-likeness (QED) is 0.189. The highest BCUT2D eigenvalue weighted by atomic mass is 32.2. The first-order chi connectivity index (χ1) is 15.7. The number of hydrogen-bond donors (Lipinski definition) is 6. The molecule has 0 heterocycles. The molecular formula is C23H38N4O4S2. The van der Waals surface area contributed by atoms with Crippen molar-refractivity contribution in [2.24, 2.45) is 11.7 Å². The van der Waals surface area contributed by atoms with Crippen LogP contribution < -0.4 is 21.7 Å². The van der Waals surface area contributed by atoms with Crippen LogP contribution in [0, 0.1) is 5.92 Å². The predicted octanol–water partition coefficient (Wildman–Crippen LogP) is 1.30. The second kappa shape index (κ2) is 16.0. The van der Waals surface area contributed by atoms with E-state index in [-0.39, 0.29) is 24.3 Å². The maximum Gasteiger partial charge on any atom is 0.326 e. The van der Waals surface area contributed by atoms with Crippen LogP contribution in [0.4, 0.5) is 0 Å². The van der Waals surface area contributed by atoms with E-state index in [9.17, 15) is 19.5 Å². The molecule has 5 atom stereocenters. The Morgan fingerprint density at radius 1 is 1.12 bits per heavy atom. The second-order valence-electron chi connectivity index (χ2n) is 8.15. The topological polar surface area (TPSA) is 134 Å². The van der Waals surface area contributed by atoms with Gasteiger partial charge in [0.2, 0.25) is 11.8 Å². The molecule has 0 unspecified atom stereocenters. The molecule has 1 aromatic rings. The average molecular weight is 499 g/mol. The number of hydrogen-bond acceptors (Lipinski definition) is 7. The van der Waals surface area contributed by atoms with Crippen LogP contribution in [0.5, 0.6) is 0 Å². The van der Waals surface area contributed by atoms with E-state index in [0.717, 1.165) is 12.0 Å². The lowest BCUT2D eigenvalue weighted by Gasteiger charge is -2.28. The van der Waals surface area contributed by atoms with E-state index in [2.05, 4.69) is 28.6 Å². The van der Waals surface area contributed by atoms with Gasteiger partial charge in [0.05, 0.1) is 6.04 Å².